The number of hydrogen-bond acceptors (Lipinski definition) is 2. The minimum absolute atomic E-state index is 0.0638. The van der Waals surface area contributed by atoms with E-state index >= 15 is 0 Å². The molecule has 0 saturated heterocycles. The molecule has 1 rings (SSSR count). The maximum absolute atomic E-state index is 11.5. The molecule has 0 fully saturated rings. The average Bonchev–Trinajstić information content (AvgIpc) is 2.54. The number of carbonyl (C=O) groups excluding carboxylic acids is 1. The molecule has 17 heavy (non-hydrogen) atoms. The van der Waals surface area contributed by atoms with Gasteiger partial charge in [0.25, 0.3) is 0 Å². The zero-order chi connectivity index (χ0) is 13.0. The Morgan fingerprint density at radius 2 is 2.24 bits per heavy atom. The van der Waals surface area contributed by atoms with Crippen molar-refractivity contribution in [3.05, 3.63) is 21.9 Å². The first-order valence-corrected chi connectivity index (χ1v) is 5.82. The fraction of sp³-hybridized carbons (Fsp3) is 0.500. The number of nitrogens with zero attached hydrogens (tertiary/aromatic N) is 2. The summed E-state index contributed by atoms with van der Waals surface area (Å²) in [7, 11) is 3.38. The second kappa shape index (κ2) is 6.14. The van der Waals surface area contributed by atoms with Crippen molar-refractivity contribution < 1.29 is 9.90 Å². The number of amides is 2. The maximum Gasteiger partial charge on any atom is 0.317 e. The highest BCUT2D eigenvalue weighted by atomic mass is 35.5. The maximum atomic E-state index is 11.5. The van der Waals surface area contributed by atoms with Crippen molar-refractivity contribution >= 4 is 29.2 Å². The van der Waals surface area contributed by atoms with E-state index in [2.05, 4.69) is 5.32 Å². The summed E-state index contributed by atoms with van der Waals surface area (Å²) in [5.74, 6) is 0. The third-order valence-electron chi connectivity index (χ3n) is 2.42. The highest BCUT2D eigenvalue weighted by Crippen LogP contribution is 2.24. The Morgan fingerprint density at radius 3 is 2.71 bits per heavy atom. The lowest BCUT2D eigenvalue weighted by molar-refractivity contribution is 0.190. The van der Waals surface area contributed by atoms with E-state index in [0.717, 1.165) is 5.69 Å². The highest BCUT2D eigenvalue weighted by Gasteiger charge is 2.11. The van der Waals surface area contributed by atoms with Crippen LogP contribution in [0.15, 0.2) is 6.07 Å². The summed E-state index contributed by atoms with van der Waals surface area (Å²) in [4.78, 5) is 12.9. The van der Waals surface area contributed by atoms with E-state index in [4.69, 9.17) is 28.3 Å². The number of likely N-dealkylation sites (N-methyl/N-ethyl adjacent to an activating group) is 1. The van der Waals surface area contributed by atoms with Gasteiger partial charge < -0.3 is 19.9 Å². The van der Waals surface area contributed by atoms with E-state index in [0.29, 0.717) is 23.3 Å². The lowest BCUT2D eigenvalue weighted by atomic mass is 10.4. The van der Waals surface area contributed by atoms with Crippen molar-refractivity contribution in [2.75, 3.05) is 20.2 Å². The van der Waals surface area contributed by atoms with Crippen molar-refractivity contribution in [1.29, 1.82) is 0 Å². The van der Waals surface area contributed by atoms with Crippen molar-refractivity contribution in [2.45, 2.75) is 6.54 Å². The van der Waals surface area contributed by atoms with Crippen LogP contribution in [0, 0.1) is 0 Å². The number of urea groups is 1. The van der Waals surface area contributed by atoms with Gasteiger partial charge in [0.05, 0.1) is 18.2 Å². The van der Waals surface area contributed by atoms with Crippen LogP contribution in [-0.2, 0) is 13.6 Å². The molecule has 0 atom stereocenters. The quantitative estimate of drug-likeness (QED) is 0.877. The number of rotatable bonds is 4. The van der Waals surface area contributed by atoms with Crippen LogP contribution < -0.4 is 5.32 Å². The molecule has 0 unspecified atom stereocenters. The summed E-state index contributed by atoms with van der Waals surface area (Å²) in [6.07, 6.45) is 0. The zero-order valence-corrected chi connectivity index (χ0v) is 11.2. The first-order valence-electron chi connectivity index (χ1n) is 5.06. The minimum atomic E-state index is -0.257. The third kappa shape index (κ3) is 3.52. The normalized spacial score (nSPS) is 10.4. The third-order valence-corrected chi connectivity index (χ3v) is 3.26. The van der Waals surface area contributed by atoms with Gasteiger partial charge >= 0.3 is 6.03 Å². The van der Waals surface area contributed by atoms with E-state index in [1.54, 1.807) is 24.7 Å². The summed E-state index contributed by atoms with van der Waals surface area (Å²) in [5, 5.41) is 12.3. The Labute approximate surface area is 110 Å². The van der Waals surface area contributed by atoms with E-state index in [1.165, 1.54) is 4.90 Å². The van der Waals surface area contributed by atoms with Crippen LogP contribution in [-0.4, -0.2) is 40.8 Å². The SMILES string of the molecule is CN(CCO)C(=O)NCc1cc(Cl)c(Cl)n1C. The van der Waals surface area contributed by atoms with Crippen LogP contribution in [0.25, 0.3) is 0 Å². The molecule has 1 aromatic rings. The number of aliphatic hydroxyl groups excluding tert-OH is 1. The van der Waals surface area contributed by atoms with Gasteiger partial charge in [-0.2, -0.15) is 0 Å². The van der Waals surface area contributed by atoms with Gasteiger partial charge in [0.1, 0.15) is 5.15 Å². The molecule has 0 radical (unpaired) electrons. The molecule has 0 spiro atoms. The Bertz CT molecular complexity index is 407. The van der Waals surface area contributed by atoms with Gasteiger partial charge in [-0.05, 0) is 6.07 Å². The topological polar surface area (TPSA) is 57.5 Å². The van der Waals surface area contributed by atoms with E-state index in [-0.39, 0.29) is 12.6 Å². The van der Waals surface area contributed by atoms with Crippen molar-refractivity contribution in [3.63, 3.8) is 0 Å². The van der Waals surface area contributed by atoms with Gasteiger partial charge in [-0.1, -0.05) is 23.2 Å². The largest absolute Gasteiger partial charge is 0.395 e. The molecular weight excluding hydrogens is 265 g/mol. The smallest absolute Gasteiger partial charge is 0.317 e. The fourth-order valence-corrected chi connectivity index (χ4v) is 1.73. The predicted molar refractivity (Wildman–Crippen MR) is 67.4 cm³/mol. The molecule has 0 bridgehead atoms. The van der Waals surface area contributed by atoms with Crippen LogP contribution in [0.1, 0.15) is 5.69 Å². The lowest BCUT2D eigenvalue weighted by Crippen LogP contribution is -2.38. The standard InChI is InChI=1S/C10H15Cl2N3O2/c1-14(3-4-16)10(17)13-6-7-5-8(11)9(12)15(7)2/h5,16H,3-4,6H2,1-2H3,(H,13,17). The molecule has 7 heteroatoms. The number of aliphatic hydroxyl groups is 1. The Morgan fingerprint density at radius 1 is 1.59 bits per heavy atom. The van der Waals surface area contributed by atoms with Crippen LogP contribution >= 0.6 is 23.2 Å². The fourth-order valence-electron chi connectivity index (χ4n) is 1.31. The van der Waals surface area contributed by atoms with Gasteiger partial charge in [0, 0.05) is 26.3 Å². The molecule has 2 N–H and O–H groups in total. The lowest BCUT2D eigenvalue weighted by Gasteiger charge is -2.16. The number of hydrogen-bond donors (Lipinski definition) is 2. The van der Waals surface area contributed by atoms with Crippen molar-refractivity contribution in [2.24, 2.45) is 7.05 Å². The number of aromatic nitrogens is 1. The number of halogens is 2. The van der Waals surface area contributed by atoms with Crippen molar-refractivity contribution in [3.8, 4) is 0 Å². The molecule has 1 aromatic heterocycles. The monoisotopic (exact) mass is 279 g/mol. The van der Waals surface area contributed by atoms with Gasteiger partial charge in [0.15, 0.2) is 0 Å². The second-order valence-electron chi connectivity index (χ2n) is 3.64. The van der Waals surface area contributed by atoms with Gasteiger partial charge in [-0.15, -0.1) is 0 Å². The molecule has 96 valence electrons. The minimum Gasteiger partial charge on any atom is -0.395 e. The molecule has 0 aromatic carbocycles. The summed E-state index contributed by atoms with van der Waals surface area (Å²) in [5.41, 5.74) is 0.811. The van der Waals surface area contributed by atoms with E-state index in [1.807, 2.05) is 0 Å². The second-order valence-corrected chi connectivity index (χ2v) is 4.40. The predicted octanol–water partition coefficient (Wildman–Crippen LogP) is 1.47. The zero-order valence-electron chi connectivity index (χ0n) is 9.70. The van der Waals surface area contributed by atoms with Crippen LogP contribution in [0.5, 0.6) is 0 Å². The summed E-state index contributed by atoms with van der Waals surface area (Å²) < 4.78 is 1.70. The molecule has 5 nitrogen and oxygen atoms in total. The van der Waals surface area contributed by atoms with Gasteiger partial charge in [0.2, 0.25) is 0 Å². The van der Waals surface area contributed by atoms with Crippen molar-refractivity contribution in [1.82, 2.24) is 14.8 Å². The van der Waals surface area contributed by atoms with Crippen LogP contribution in [0.3, 0.4) is 0 Å². The van der Waals surface area contributed by atoms with Gasteiger partial charge in [-0.3, -0.25) is 0 Å². The van der Waals surface area contributed by atoms with E-state index < -0.39 is 0 Å². The first kappa shape index (κ1) is 14.2. The molecule has 0 aliphatic heterocycles. The van der Waals surface area contributed by atoms with Crippen LogP contribution in [0.4, 0.5) is 4.79 Å². The molecule has 0 saturated carbocycles. The molecular formula is C10H15Cl2N3O2. The average molecular weight is 280 g/mol. The summed E-state index contributed by atoms with van der Waals surface area (Å²) in [6, 6.07) is 1.45. The molecule has 1 heterocycles. The Hall–Kier alpha value is -0.910. The van der Waals surface area contributed by atoms with Crippen LogP contribution in [0.2, 0.25) is 10.2 Å². The molecule has 0 aliphatic carbocycles. The first-order chi connectivity index (χ1) is 7.97. The van der Waals surface area contributed by atoms with E-state index in [9.17, 15) is 4.79 Å². The molecule has 2 amide bonds. The Kier molecular flexibility index (Phi) is 5.11. The summed E-state index contributed by atoms with van der Waals surface area (Å²) >= 11 is 11.8. The highest BCUT2D eigenvalue weighted by molar-refractivity contribution is 6.41. The summed E-state index contributed by atoms with van der Waals surface area (Å²) in [6.45, 7) is 0.559. The number of nitrogens with one attached hydrogen (secondary N) is 1. The van der Waals surface area contributed by atoms with Gasteiger partial charge in [-0.25, -0.2) is 4.79 Å². The Balaban J connectivity index is 2.56. The number of carbonyl (C=O) groups is 1. The molecule has 0 aliphatic rings.